The first kappa shape index (κ1) is 20.9. The second-order valence-corrected chi connectivity index (χ2v) is 9.00. The van der Waals surface area contributed by atoms with E-state index in [0.29, 0.717) is 19.6 Å². The highest BCUT2D eigenvalue weighted by Crippen LogP contribution is 2.30. The van der Waals surface area contributed by atoms with Gasteiger partial charge in [-0.1, -0.05) is 0 Å². The topological polar surface area (TPSA) is 90.9 Å². The minimum absolute atomic E-state index is 0.205. The van der Waals surface area contributed by atoms with Crippen LogP contribution in [0.4, 0.5) is 8.78 Å². The molecule has 0 aromatic heterocycles. The highest BCUT2D eigenvalue weighted by atomic mass is 32.2. The zero-order valence-electron chi connectivity index (χ0n) is 14.8. The van der Waals surface area contributed by atoms with Gasteiger partial charge in [0.2, 0.25) is 6.17 Å². The molecule has 26 heavy (non-hydrogen) atoms. The van der Waals surface area contributed by atoms with Crippen molar-refractivity contribution in [1.82, 2.24) is 4.72 Å². The van der Waals surface area contributed by atoms with Crippen LogP contribution in [-0.4, -0.2) is 45.9 Å². The molecule has 9 heteroatoms. The molecule has 0 bridgehead atoms. The number of carboxylic acids is 1. The van der Waals surface area contributed by atoms with Crippen molar-refractivity contribution in [3.8, 4) is 5.75 Å². The molecule has 1 saturated heterocycles. The molecule has 3 unspecified atom stereocenters. The van der Waals surface area contributed by atoms with Gasteiger partial charge in [0.05, 0.1) is 13.2 Å². The van der Waals surface area contributed by atoms with Gasteiger partial charge in [-0.3, -0.25) is 0 Å². The first-order valence-electron chi connectivity index (χ1n) is 8.18. The minimum atomic E-state index is -2.49. The molecule has 146 valence electrons. The van der Waals surface area contributed by atoms with E-state index in [0.717, 1.165) is 6.07 Å². The van der Waals surface area contributed by atoms with E-state index in [4.69, 9.17) is 14.6 Å². The summed E-state index contributed by atoms with van der Waals surface area (Å²) in [6.45, 7) is 5.85. The minimum Gasteiger partial charge on any atom is -0.598 e. The van der Waals surface area contributed by atoms with Crippen LogP contribution in [0.1, 0.15) is 38.8 Å². The van der Waals surface area contributed by atoms with Gasteiger partial charge in [-0.15, -0.1) is 4.72 Å². The third-order valence-corrected chi connectivity index (χ3v) is 5.39. The second-order valence-electron chi connectivity index (χ2n) is 7.00. The Bertz CT molecular complexity index is 634. The second kappa shape index (κ2) is 8.51. The first-order chi connectivity index (χ1) is 12.1. The van der Waals surface area contributed by atoms with Gasteiger partial charge >= 0.3 is 5.97 Å². The van der Waals surface area contributed by atoms with E-state index in [2.05, 4.69) is 4.72 Å². The summed E-state index contributed by atoms with van der Waals surface area (Å²) in [4.78, 5) is 11.1. The van der Waals surface area contributed by atoms with Crippen molar-refractivity contribution >= 4 is 17.3 Å². The molecule has 0 radical (unpaired) electrons. The van der Waals surface area contributed by atoms with Crippen molar-refractivity contribution in [2.45, 2.75) is 50.3 Å². The summed E-state index contributed by atoms with van der Waals surface area (Å²) in [7, 11) is 0. The lowest BCUT2D eigenvalue weighted by Gasteiger charge is -2.29. The zero-order valence-corrected chi connectivity index (χ0v) is 15.6. The van der Waals surface area contributed by atoms with Crippen LogP contribution in [0.25, 0.3) is 0 Å². The fourth-order valence-corrected chi connectivity index (χ4v) is 3.18. The third-order valence-electron chi connectivity index (χ3n) is 3.81. The Balaban J connectivity index is 2.31. The average molecular weight is 391 g/mol. The van der Waals surface area contributed by atoms with Crippen LogP contribution in [-0.2, 0) is 20.9 Å². The summed E-state index contributed by atoms with van der Waals surface area (Å²) in [5.74, 6) is -2.32. The van der Waals surface area contributed by atoms with Gasteiger partial charge in [-0.05, 0) is 39.0 Å². The molecule has 1 heterocycles. The maximum absolute atomic E-state index is 14.3. The Kier molecular flexibility index (Phi) is 6.84. The molecule has 2 N–H and O–H groups in total. The number of ether oxygens (including phenoxy) is 2. The lowest BCUT2D eigenvalue weighted by molar-refractivity contribution is -0.143. The Labute approximate surface area is 154 Å². The van der Waals surface area contributed by atoms with Crippen LogP contribution >= 0.6 is 0 Å². The highest BCUT2D eigenvalue weighted by molar-refractivity contribution is 7.90. The third kappa shape index (κ3) is 5.29. The lowest BCUT2D eigenvalue weighted by Crippen LogP contribution is -2.45. The van der Waals surface area contributed by atoms with Crippen molar-refractivity contribution in [2.24, 2.45) is 0 Å². The average Bonchev–Trinajstić information content (AvgIpc) is 3.05. The number of rotatable bonds is 7. The van der Waals surface area contributed by atoms with Gasteiger partial charge in [-0.2, -0.15) is 0 Å². The number of halogens is 2. The molecule has 1 aromatic carbocycles. The van der Waals surface area contributed by atoms with E-state index < -0.39 is 40.1 Å². The number of alkyl halides is 1. The summed E-state index contributed by atoms with van der Waals surface area (Å²) in [5.41, 5.74) is -0.256. The van der Waals surface area contributed by atoms with Gasteiger partial charge in [0.1, 0.15) is 28.5 Å². The highest BCUT2D eigenvalue weighted by Gasteiger charge is 2.38. The smallest absolute Gasteiger partial charge is 0.340 e. The maximum Gasteiger partial charge on any atom is 0.340 e. The molecular formula is C17H23F2NO5S. The fourth-order valence-electron chi connectivity index (χ4n) is 2.35. The molecule has 1 fully saturated rings. The number of hydrogen-bond acceptors (Lipinski definition) is 5. The molecule has 6 nitrogen and oxygen atoms in total. The summed E-state index contributed by atoms with van der Waals surface area (Å²) < 4.78 is 53.5. The van der Waals surface area contributed by atoms with Gasteiger partial charge < -0.3 is 19.1 Å². The molecular weight excluding hydrogens is 368 g/mol. The van der Waals surface area contributed by atoms with E-state index >= 15 is 0 Å². The predicted molar refractivity (Wildman–Crippen MR) is 92.6 cm³/mol. The molecule has 0 aliphatic carbocycles. The van der Waals surface area contributed by atoms with E-state index in [-0.39, 0.29) is 17.4 Å². The Morgan fingerprint density at radius 3 is 2.73 bits per heavy atom. The normalized spacial score (nSPS) is 21.2. The van der Waals surface area contributed by atoms with Gasteiger partial charge in [0.15, 0.2) is 0 Å². The van der Waals surface area contributed by atoms with Crippen LogP contribution in [0.3, 0.4) is 0 Å². The molecule has 2 rings (SSSR count). The van der Waals surface area contributed by atoms with Gasteiger partial charge in [0, 0.05) is 23.3 Å². The SMILES string of the molecule is CC(C)(C)[S+]([O-])NC(c1cc(O[C@@H]2CCOC2)ccc1F)C(F)C(=O)O. The number of aliphatic carboxylic acids is 1. The largest absolute Gasteiger partial charge is 0.598 e. The van der Waals surface area contributed by atoms with Crippen LogP contribution in [0.2, 0.25) is 0 Å². The molecule has 0 amide bonds. The van der Waals surface area contributed by atoms with Crippen LogP contribution < -0.4 is 9.46 Å². The summed E-state index contributed by atoms with van der Waals surface area (Å²) in [5, 5.41) is 9.04. The fraction of sp³-hybridized carbons (Fsp3) is 0.588. The molecule has 0 spiro atoms. The number of carbonyl (C=O) groups is 1. The van der Waals surface area contributed by atoms with Crippen LogP contribution in [0, 0.1) is 5.82 Å². The van der Waals surface area contributed by atoms with Crippen LogP contribution in [0.15, 0.2) is 18.2 Å². The quantitative estimate of drug-likeness (QED) is 0.694. The molecule has 0 saturated carbocycles. The van der Waals surface area contributed by atoms with E-state index in [1.54, 1.807) is 20.8 Å². The first-order valence-corrected chi connectivity index (χ1v) is 9.33. The van der Waals surface area contributed by atoms with Crippen molar-refractivity contribution in [2.75, 3.05) is 13.2 Å². The zero-order chi connectivity index (χ0) is 19.5. The number of hydrogen-bond donors (Lipinski definition) is 2. The van der Waals surface area contributed by atoms with Crippen molar-refractivity contribution in [1.29, 1.82) is 0 Å². The summed E-state index contributed by atoms with van der Waals surface area (Å²) >= 11 is -1.80. The van der Waals surface area contributed by atoms with E-state index in [1.165, 1.54) is 12.1 Å². The van der Waals surface area contributed by atoms with E-state index in [1.807, 2.05) is 0 Å². The molecule has 1 aliphatic rings. The van der Waals surface area contributed by atoms with E-state index in [9.17, 15) is 18.1 Å². The van der Waals surface area contributed by atoms with Crippen molar-refractivity contribution in [3.05, 3.63) is 29.6 Å². The number of nitrogens with one attached hydrogen (secondary N) is 1. The number of carboxylic acid groups (broad SMARTS) is 1. The monoisotopic (exact) mass is 391 g/mol. The molecule has 4 atom stereocenters. The van der Waals surface area contributed by atoms with Crippen molar-refractivity contribution in [3.63, 3.8) is 0 Å². The predicted octanol–water partition coefficient (Wildman–Crippen LogP) is 2.51. The maximum atomic E-state index is 14.3. The molecule has 1 aliphatic heterocycles. The summed E-state index contributed by atoms with van der Waals surface area (Å²) in [6, 6.07) is 2.06. The standard InChI is InChI=1S/C17H23F2NO5S/c1-17(2,3)26(23)20-15(14(19)16(21)22)12-8-10(4-5-13(12)18)25-11-6-7-24-9-11/h4-5,8,11,14-15,20H,6-7,9H2,1-3H3,(H,21,22)/t11-,14?,15?,26?/m1/s1. The Morgan fingerprint density at radius 1 is 1.50 bits per heavy atom. The molecule has 1 aromatic rings. The number of benzene rings is 1. The summed E-state index contributed by atoms with van der Waals surface area (Å²) in [6.07, 6.45) is -2.02. The lowest BCUT2D eigenvalue weighted by atomic mass is 10.0. The van der Waals surface area contributed by atoms with Gasteiger partial charge in [-0.25, -0.2) is 13.6 Å². The Hall–Kier alpha value is -1.42. The Morgan fingerprint density at radius 2 is 2.19 bits per heavy atom. The van der Waals surface area contributed by atoms with Gasteiger partial charge in [0.25, 0.3) is 0 Å². The van der Waals surface area contributed by atoms with Crippen molar-refractivity contribution < 1.29 is 32.7 Å². The van der Waals surface area contributed by atoms with Crippen LogP contribution in [0.5, 0.6) is 5.75 Å².